The molecule has 5 heteroatoms. The van der Waals surface area contributed by atoms with Gasteiger partial charge in [-0.25, -0.2) is 4.79 Å². The van der Waals surface area contributed by atoms with Gasteiger partial charge in [-0.1, -0.05) is 19.3 Å². The zero-order chi connectivity index (χ0) is 13.7. The zero-order valence-electron chi connectivity index (χ0n) is 11.8. The summed E-state index contributed by atoms with van der Waals surface area (Å²) in [5, 5.41) is 5.35. The molecule has 2 aliphatic rings. The summed E-state index contributed by atoms with van der Waals surface area (Å²) < 4.78 is 0. The molecule has 1 atom stereocenters. The number of amides is 3. The highest BCUT2D eigenvalue weighted by Crippen LogP contribution is 2.17. The Bertz CT molecular complexity index is 321. The number of likely N-dealkylation sites (tertiary alicyclic amines) is 1. The first-order chi connectivity index (χ1) is 9.16. The Labute approximate surface area is 115 Å². The number of piperidine rings is 1. The van der Waals surface area contributed by atoms with E-state index in [0.717, 1.165) is 38.8 Å². The van der Waals surface area contributed by atoms with E-state index in [1.165, 1.54) is 19.3 Å². The van der Waals surface area contributed by atoms with Gasteiger partial charge in [0.1, 0.15) is 0 Å². The van der Waals surface area contributed by atoms with Crippen molar-refractivity contribution in [3.8, 4) is 0 Å². The summed E-state index contributed by atoms with van der Waals surface area (Å²) in [4.78, 5) is 25.9. The first-order valence-corrected chi connectivity index (χ1v) is 7.52. The van der Waals surface area contributed by atoms with Gasteiger partial charge in [0.2, 0.25) is 5.91 Å². The Morgan fingerprint density at radius 1 is 1.05 bits per heavy atom. The van der Waals surface area contributed by atoms with E-state index >= 15 is 0 Å². The van der Waals surface area contributed by atoms with Gasteiger partial charge in [-0.15, -0.1) is 0 Å². The van der Waals surface area contributed by atoms with Gasteiger partial charge in [-0.2, -0.15) is 0 Å². The van der Waals surface area contributed by atoms with E-state index in [2.05, 4.69) is 15.5 Å². The molecule has 5 nitrogen and oxygen atoms in total. The first kappa shape index (κ1) is 14.3. The largest absolute Gasteiger partial charge is 0.335 e. The summed E-state index contributed by atoms with van der Waals surface area (Å²) in [6.07, 6.45) is 7.93. The molecule has 0 aromatic heterocycles. The topological polar surface area (TPSA) is 61.4 Å². The van der Waals surface area contributed by atoms with E-state index in [9.17, 15) is 9.59 Å². The second-order valence-electron chi connectivity index (χ2n) is 5.72. The molecule has 2 rings (SSSR count). The number of hydrogen-bond donors (Lipinski definition) is 2. The maximum absolute atomic E-state index is 12.0. The van der Waals surface area contributed by atoms with Gasteiger partial charge in [-0.05, 0) is 45.7 Å². The fourth-order valence-electron chi connectivity index (χ4n) is 2.98. The predicted octanol–water partition coefficient (Wildman–Crippen LogP) is 1.63. The monoisotopic (exact) mass is 267 g/mol. The van der Waals surface area contributed by atoms with Gasteiger partial charge in [0, 0.05) is 6.04 Å². The lowest BCUT2D eigenvalue weighted by Gasteiger charge is -2.31. The van der Waals surface area contributed by atoms with Gasteiger partial charge in [0.25, 0.3) is 0 Å². The van der Waals surface area contributed by atoms with Gasteiger partial charge >= 0.3 is 6.03 Å². The van der Waals surface area contributed by atoms with Crippen LogP contribution in [0.5, 0.6) is 0 Å². The highest BCUT2D eigenvalue weighted by molar-refractivity contribution is 5.96. The van der Waals surface area contributed by atoms with E-state index in [0.29, 0.717) is 0 Å². The molecule has 0 bridgehead atoms. The summed E-state index contributed by atoms with van der Waals surface area (Å²) in [6, 6.07) is -0.298. The van der Waals surface area contributed by atoms with Crippen molar-refractivity contribution in [2.75, 3.05) is 13.1 Å². The van der Waals surface area contributed by atoms with Crippen molar-refractivity contribution in [3.63, 3.8) is 0 Å². The molecule has 108 valence electrons. The molecule has 1 saturated heterocycles. The maximum Gasteiger partial charge on any atom is 0.321 e. The van der Waals surface area contributed by atoms with E-state index in [4.69, 9.17) is 0 Å². The molecule has 1 saturated carbocycles. The van der Waals surface area contributed by atoms with Crippen molar-refractivity contribution in [1.29, 1.82) is 0 Å². The number of nitrogens with zero attached hydrogens (tertiary/aromatic N) is 1. The lowest BCUT2D eigenvalue weighted by molar-refractivity contribution is -0.125. The summed E-state index contributed by atoms with van der Waals surface area (Å²) in [7, 11) is 0. The average Bonchev–Trinajstić information content (AvgIpc) is 2.91. The number of carbonyl (C=O) groups is 2. The lowest BCUT2D eigenvalue weighted by atomic mass is 10.1. The van der Waals surface area contributed by atoms with Crippen molar-refractivity contribution in [3.05, 3.63) is 0 Å². The summed E-state index contributed by atoms with van der Waals surface area (Å²) in [5.41, 5.74) is 0. The molecule has 0 radical (unpaired) electrons. The van der Waals surface area contributed by atoms with Gasteiger partial charge in [0.05, 0.1) is 6.04 Å². The Kier molecular flexibility index (Phi) is 5.19. The number of imide groups is 1. The number of rotatable bonds is 3. The first-order valence-electron chi connectivity index (χ1n) is 7.52. The van der Waals surface area contributed by atoms with Crippen molar-refractivity contribution in [2.45, 2.75) is 64.0 Å². The number of urea groups is 1. The molecule has 0 spiro atoms. The van der Waals surface area contributed by atoms with Crippen LogP contribution in [0, 0.1) is 0 Å². The van der Waals surface area contributed by atoms with E-state index in [-0.39, 0.29) is 24.0 Å². The fourth-order valence-corrected chi connectivity index (χ4v) is 2.98. The SMILES string of the molecule is C[C@@H](C(=O)NC(=O)NC1CCCC1)N1CCCCC1. The summed E-state index contributed by atoms with van der Waals surface area (Å²) in [6.45, 7) is 3.79. The maximum atomic E-state index is 12.0. The summed E-state index contributed by atoms with van der Waals surface area (Å²) >= 11 is 0. The Hall–Kier alpha value is -1.10. The van der Waals surface area contributed by atoms with E-state index in [1.54, 1.807) is 0 Å². The van der Waals surface area contributed by atoms with Crippen LogP contribution >= 0.6 is 0 Å². The second-order valence-corrected chi connectivity index (χ2v) is 5.72. The van der Waals surface area contributed by atoms with Crippen LogP contribution < -0.4 is 10.6 Å². The van der Waals surface area contributed by atoms with Gasteiger partial charge in [0.15, 0.2) is 0 Å². The Morgan fingerprint density at radius 2 is 1.68 bits per heavy atom. The Balaban J connectivity index is 1.73. The average molecular weight is 267 g/mol. The third-order valence-electron chi connectivity index (χ3n) is 4.24. The van der Waals surface area contributed by atoms with Crippen LogP contribution in [0.3, 0.4) is 0 Å². The van der Waals surface area contributed by atoms with E-state index in [1.807, 2.05) is 6.92 Å². The van der Waals surface area contributed by atoms with Crippen LogP contribution in [0.25, 0.3) is 0 Å². The van der Waals surface area contributed by atoms with Crippen LogP contribution in [0.4, 0.5) is 4.79 Å². The molecule has 1 heterocycles. The summed E-state index contributed by atoms with van der Waals surface area (Å²) in [5.74, 6) is -0.183. The molecule has 3 amide bonds. The minimum absolute atomic E-state index is 0.183. The molecule has 0 aromatic carbocycles. The van der Waals surface area contributed by atoms with E-state index < -0.39 is 0 Å². The molecule has 2 fully saturated rings. The molecular formula is C14H25N3O2. The second kappa shape index (κ2) is 6.89. The molecular weight excluding hydrogens is 242 g/mol. The molecule has 1 aliphatic carbocycles. The van der Waals surface area contributed by atoms with Crippen LogP contribution in [-0.2, 0) is 4.79 Å². The van der Waals surface area contributed by atoms with Crippen LogP contribution in [0.1, 0.15) is 51.9 Å². The molecule has 0 aromatic rings. The van der Waals surface area contributed by atoms with Crippen molar-refractivity contribution in [1.82, 2.24) is 15.5 Å². The molecule has 2 N–H and O–H groups in total. The van der Waals surface area contributed by atoms with Gasteiger partial charge in [-0.3, -0.25) is 15.0 Å². The van der Waals surface area contributed by atoms with Crippen molar-refractivity contribution < 1.29 is 9.59 Å². The Morgan fingerprint density at radius 3 is 2.32 bits per heavy atom. The van der Waals surface area contributed by atoms with Crippen LogP contribution in [0.2, 0.25) is 0 Å². The van der Waals surface area contributed by atoms with Crippen molar-refractivity contribution in [2.24, 2.45) is 0 Å². The normalized spacial score (nSPS) is 23.0. The molecule has 1 aliphatic heterocycles. The van der Waals surface area contributed by atoms with Gasteiger partial charge < -0.3 is 5.32 Å². The highest BCUT2D eigenvalue weighted by atomic mass is 16.2. The van der Waals surface area contributed by atoms with Crippen molar-refractivity contribution >= 4 is 11.9 Å². The third-order valence-corrected chi connectivity index (χ3v) is 4.24. The predicted molar refractivity (Wildman–Crippen MR) is 73.8 cm³/mol. The van der Waals surface area contributed by atoms with Crippen LogP contribution in [-0.4, -0.2) is 42.0 Å². The third kappa shape index (κ3) is 4.20. The minimum Gasteiger partial charge on any atom is -0.335 e. The quantitative estimate of drug-likeness (QED) is 0.817. The minimum atomic E-state index is -0.333. The molecule has 0 unspecified atom stereocenters. The molecule has 19 heavy (non-hydrogen) atoms. The highest BCUT2D eigenvalue weighted by Gasteiger charge is 2.25. The lowest BCUT2D eigenvalue weighted by Crippen LogP contribution is -2.52. The number of hydrogen-bond acceptors (Lipinski definition) is 3. The number of carbonyl (C=O) groups excluding carboxylic acids is 2. The standard InChI is InChI=1S/C14H25N3O2/c1-11(17-9-5-2-6-10-17)13(18)16-14(19)15-12-7-3-4-8-12/h11-12H,2-10H2,1H3,(H2,15,16,18,19)/t11-/m0/s1. The van der Waals surface area contributed by atoms with Crippen LogP contribution in [0.15, 0.2) is 0 Å². The smallest absolute Gasteiger partial charge is 0.321 e. The number of nitrogens with one attached hydrogen (secondary N) is 2. The fraction of sp³-hybridized carbons (Fsp3) is 0.857. The zero-order valence-corrected chi connectivity index (χ0v) is 11.8.